The standard InChI is InChI=1S/C9H12N2O3/c10-9(5-1-2-6-9)7-3-4-8(14-7)11(12)13/h3-4H,1-2,5-6,10H2. The Hall–Kier alpha value is -1.36. The highest BCUT2D eigenvalue weighted by Gasteiger charge is 2.35. The molecule has 5 heteroatoms. The van der Waals surface area contributed by atoms with Gasteiger partial charge in [-0.15, -0.1) is 0 Å². The summed E-state index contributed by atoms with van der Waals surface area (Å²) in [6.45, 7) is 0. The van der Waals surface area contributed by atoms with Crippen LogP contribution < -0.4 is 5.73 Å². The smallest absolute Gasteiger partial charge is 0.404 e. The van der Waals surface area contributed by atoms with Gasteiger partial charge in [0, 0.05) is 0 Å². The van der Waals surface area contributed by atoms with E-state index in [2.05, 4.69) is 0 Å². The number of nitrogens with two attached hydrogens (primary N) is 1. The van der Waals surface area contributed by atoms with Crippen molar-refractivity contribution in [3.63, 3.8) is 0 Å². The molecule has 76 valence electrons. The number of furan rings is 1. The zero-order valence-electron chi connectivity index (χ0n) is 7.73. The van der Waals surface area contributed by atoms with E-state index in [-0.39, 0.29) is 5.88 Å². The van der Waals surface area contributed by atoms with Gasteiger partial charge < -0.3 is 10.2 Å². The molecule has 1 aliphatic carbocycles. The van der Waals surface area contributed by atoms with Crippen LogP contribution in [-0.4, -0.2) is 4.92 Å². The summed E-state index contributed by atoms with van der Waals surface area (Å²) in [6.07, 6.45) is 3.81. The third-order valence-corrected chi connectivity index (χ3v) is 2.76. The number of nitrogens with zero attached hydrogens (tertiary/aromatic N) is 1. The van der Waals surface area contributed by atoms with E-state index in [9.17, 15) is 10.1 Å². The van der Waals surface area contributed by atoms with Crippen molar-refractivity contribution in [1.82, 2.24) is 0 Å². The Morgan fingerprint density at radius 3 is 2.57 bits per heavy atom. The van der Waals surface area contributed by atoms with Crippen LogP contribution >= 0.6 is 0 Å². The molecule has 1 aliphatic rings. The summed E-state index contributed by atoms with van der Waals surface area (Å²) < 4.78 is 5.11. The van der Waals surface area contributed by atoms with E-state index >= 15 is 0 Å². The predicted molar refractivity (Wildman–Crippen MR) is 49.7 cm³/mol. The minimum absolute atomic E-state index is 0.225. The van der Waals surface area contributed by atoms with E-state index in [0.717, 1.165) is 25.7 Å². The second-order valence-corrected chi connectivity index (χ2v) is 3.76. The molecule has 2 N–H and O–H groups in total. The number of rotatable bonds is 2. The molecular formula is C9H12N2O3. The van der Waals surface area contributed by atoms with Crippen molar-refractivity contribution in [2.45, 2.75) is 31.2 Å². The van der Waals surface area contributed by atoms with Gasteiger partial charge in [0.25, 0.3) is 0 Å². The van der Waals surface area contributed by atoms with Gasteiger partial charge in [-0.2, -0.15) is 0 Å². The Morgan fingerprint density at radius 1 is 1.43 bits per heavy atom. The van der Waals surface area contributed by atoms with Crippen molar-refractivity contribution in [1.29, 1.82) is 0 Å². The lowest BCUT2D eigenvalue weighted by Crippen LogP contribution is -2.32. The van der Waals surface area contributed by atoms with Gasteiger partial charge in [0.2, 0.25) is 0 Å². The van der Waals surface area contributed by atoms with Gasteiger partial charge in [-0.05, 0) is 18.9 Å². The summed E-state index contributed by atoms with van der Waals surface area (Å²) in [5, 5.41) is 10.4. The molecule has 1 saturated carbocycles. The molecule has 1 aromatic rings. The molecule has 0 atom stereocenters. The summed E-state index contributed by atoms with van der Waals surface area (Å²) in [6, 6.07) is 2.98. The Balaban J connectivity index is 2.28. The van der Waals surface area contributed by atoms with Crippen LogP contribution in [0.2, 0.25) is 0 Å². The monoisotopic (exact) mass is 196 g/mol. The molecule has 0 radical (unpaired) electrons. The maximum Gasteiger partial charge on any atom is 0.433 e. The van der Waals surface area contributed by atoms with Gasteiger partial charge in [0.15, 0.2) is 0 Å². The number of hydrogen-bond donors (Lipinski definition) is 1. The van der Waals surface area contributed by atoms with Crippen LogP contribution in [0.25, 0.3) is 0 Å². The van der Waals surface area contributed by atoms with Gasteiger partial charge in [0.1, 0.15) is 10.7 Å². The highest BCUT2D eigenvalue weighted by atomic mass is 16.6. The minimum Gasteiger partial charge on any atom is -0.404 e. The number of hydrogen-bond acceptors (Lipinski definition) is 4. The van der Waals surface area contributed by atoms with Crippen LogP contribution in [0.5, 0.6) is 0 Å². The lowest BCUT2D eigenvalue weighted by molar-refractivity contribution is -0.402. The maximum absolute atomic E-state index is 10.4. The SMILES string of the molecule is NC1(c2ccc([N+](=O)[O-])o2)CCCC1. The van der Waals surface area contributed by atoms with Gasteiger partial charge in [0.05, 0.1) is 11.6 Å². The van der Waals surface area contributed by atoms with Crippen molar-refractivity contribution in [3.8, 4) is 0 Å². The first-order valence-corrected chi connectivity index (χ1v) is 4.65. The molecule has 0 saturated heterocycles. The van der Waals surface area contributed by atoms with Gasteiger partial charge >= 0.3 is 5.88 Å². The van der Waals surface area contributed by atoms with Crippen molar-refractivity contribution in [2.75, 3.05) is 0 Å². The average Bonchev–Trinajstić information content (AvgIpc) is 2.71. The molecular weight excluding hydrogens is 184 g/mol. The number of nitro groups is 1. The Morgan fingerprint density at radius 2 is 2.07 bits per heavy atom. The molecule has 0 aliphatic heterocycles. The van der Waals surface area contributed by atoms with Gasteiger partial charge in [-0.3, -0.25) is 10.1 Å². The van der Waals surface area contributed by atoms with Crippen LogP contribution in [0.4, 0.5) is 5.88 Å². The topological polar surface area (TPSA) is 82.3 Å². The lowest BCUT2D eigenvalue weighted by Gasteiger charge is -2.19. The van der Waals surface area contributed by atoms with E-state index in [1.54, 1.807) is 6.07 Å². The molecule has 1 fully saturated rings. The van der Waals surface area contributed by atoms with Gasteiger partial charge in [-0.25, -0.2) is 0 Å². The fourth-order valence-corrected chi connectivity index (χ4v) is 1.95. The molecule has 1 aromatic heterocycles. The molecule has 0 spiro atoms. The van der Waals surface area contributed by atoms with E-state index in [4.69, 9.17) is 10.2 Å². The first-order valence-electron chi connectivity index (χ1n) is 4.65. The quantitative estimate of drug-likeness (QED) is 0.578. The molecule has 1 heterocycles. The summed E-state index contributed by atoms with van der Waals surface area (Å²) >= 11 is 0. The first-order chi connectivity index (χ1) is 6.62. The average molecular weight is 196 g/mol. The van der Waals surface area contributed by atoms with Crippen LogP contribution in [0, 0.1) is 10.1 Å². The lowest BCUT2D eigenvalue weighted by atomic mass is 9.96. The van der Waals surface area contributed by atoms with E-state index < -0.39 is 10.5 Å². The highest BCUT2D eigenvalue weighted by molar-refractivity contribution is 5.23. The third kappa shape index (κ3) is 1.39. The Labute approximate surface area is 81.0 Å². The van der Waals surface area contributed by atoms with E-state index in [1.165, 1.54) is 6.07 Å². The zero-order valence-corrected chi connectivity index (χ0v) is 7.73. The minimum atomic E-state index is -0.540. The van der Waals surface area contributed by atoms with Crippen molar-refractivity contribution < 1.29 is 9.34 Å². The summed E-state index contributed by atoms with van der Waals surface area (Å²) in [5.41, 5.74) is 5.60. The van der Waals surface area contributed by atoms with E-state index in [0.29, 0.717) is 5.76 Å². The largest absolute Gasteiger partial charge is 0.433 e. The molecule has 0 aromatic carbocycles. The Kier molecular flexibility index (Phi) is 2.03. The van der Waals surface area contributed by atoms with Crippen LogP contribution in [0.15, 0.2) is 16.5 Å². The van der Waals surface area contributed by atoms with Crippen LogP contribution in [0.3, 0.4) is 0 Å². The second kappa shape index (κ2) is 3.09. The molecule has 0 unspecified atom stereocenters. The fraction of sp³-hybridized carbons (Fsp3) is 0.556. The fourth-order valence-electron chi connectivity index (χ4n) is 1.95. The summed E-state index contributed by atoms with van der Waals surface area (Å²) in [5.74, 6) is 0.318. The van der Waals surface area contributed by atoms with Gasteiger partial charge in [-0.1, -0.05) is 12.8 Å². The predicted octanol–water partition coefficient (Wildman–Crippen LogP) is 1.92. The van der Waals surface area contributed by atoms with Crippen molar-refractivity contribution in [2.24, 2.45) is 5.73 Å². The van der Waals surface area contributed by atoms with Crippen molar-refractivity contribution >= 4 is 5.88 Å². The second-order valence-electron chi connectivity index (χ2n) is 3.76. The normalized spacial score (nSPS) is 19.8. The van der Waals surface area contributed by atoms with E-state index in [1.807, 2.05) is 0 Å². The molecule has 5 nitrogen and oxygen atoms in total. The summed E-state index contributed by atoms with van der Waals surface area (Å²) in [7, 11) is 0. The highest BCUT2D eigenvalue weighted by Crippen LogP contribution is 2.37. The molecule has 14 heavy (non-hydrogen) atoms. The Bertz CT molecular complexity index is 353. The molecule has 2 rings (SSSR count). The zero-order chi connectivity index (χ0) is 10.2. The molecule has 0 bridgehead atoms. The maximum atomic E-state index is 10.4. The van der Waals surface area contributed by atoms with Crippen LogP contribution in [0.1, 0.15) is 31.4 Å². The molecule has 0 amide bonds. The first kappa shape index (κ1) is 9.21. The third-order valence-electron chi connectivity index (χ3n) is 2.76. The van der Waals surface area contributed by atoms with Crippen molar-refractivity contribution in [3.05, 3.63) is 28.0 Å². The summed E-state index contributed by atoms with van der Waals surface area (Å²) in [4.78, 5) is 9.86. The van der Waals surface area contributed by atoms with Crippen LogP contribution in [-0.2, 0) is 5.54 Å².